The van der Waals surface area contributed by atoms with Crippen LogP contribution in [-0.2, 0) is 25.6 Å². The second-order valence-electron chi connectivity index (χ2n) is 16.2. The van der Waals surface area contributed by atoms with Crippen molar-refractivity contribution in [3.05, 3.63) is 258 Å². The number of pyridine rings is 3. The van der Waals surface area contributed by atoms with Gasteiger partial charge in [-0.3, -0.25) is 15.0 Å². The van der Waals surface area contributed by atoms with Crippen molar-refractivity contribution in [3.8, 4) is 78.3 Å². The SMILES string of the molecule is [2H]C([2H])([2H])c1cc(-c2ccccc2)ncc1C([2H])([2H])Cc1cc(CC([2H])([2H])c2cnc(-c3ccccc3)cc2C([2H])([2H])[2H])cc(-c2ccccc2-c2ccc(-c3cccc(-c4ccc(-c5ccccc5)cc4)c3)nc2)c1. The van der Waals surface area contributed by atoms with Gasteiger partial charge in [0.05, 0.1) is 17.1 Å². The number of aryl methyl sites for hydroxylation is 6. The molecule has 0 aliphatic heterocycles. The largest absolute Gasteiger partial charge is 0.256 e. The zero-order valence-electron chi connectivity index (χ0n) is 46.1. The molecule has 7 aromatic carbocycles. The minimum Gasteiger partial charge on any atom is -0.256 e. The van der Waals surface area contributed by atoms with E-state index in [1.165, 1.54) is 24.5 Å². The summed E-state index contributed by atoms with van der Waals surface area (Å²) >= 11 is 0. The van der Waals surface area contributed by atoms with Gasteiger partial charge in [-0.1, -0.05) is 182 Å². The van der Waals surface area contributed by atoms with Gasteiger partial charge in [0.25, 0.3) is 0 Å². The molecule has 0 radical (unpaired) electrons. The van der Waals surface area contributed by atoms with E-state index in [4.69, 9.17) is 13.2 Å². The van der Waals surface area contributed by atoms with Gasteiger partial charge in [0, 0.05) is 54.6 Å². The van der Waals surface area contributed by atoms with Crippen molar-refractivity contribution in [2.24, 2.45) is 0 Å². The monoisotopic (exact) mass is 859 g/mol. The zero-order chi connectivity index (χ0) is 53.2. The van der Waals surface area contributed by atoms with E-state index in [2.05, 4.69) is 58.5 Å². The van der Waals surface area contributed by atoms with Crippen LogP contribution < -0.4 is 0 Å². The van der Waals surface area contributed by atoms with Gasteiger partial charge in [-0.05, 0) is 136 Å². The predicted molar refractivity (Wildman–Crippen MR) is 275 cm³/mol. The van der Waals surface area contributed by atoms with Crippen LogP contribution in [-0.4, -0.2) is 15.0 Å². The maximum atomic E-state index is 9.54. The van der Waals surface area contributed by atoms with Crippen molar-refractivity contribution in [1.29, 1.82) is 0 Å². The number of aromatic nitrogens is 3. The molecule has 318 valence electrons. The number of benzene rings is 7. The lowest BCUT2D eigenvalue weighted by molar-refractivity contribution is 0.913. The standard InChI is InChI=1S/C63H51N3/c1-44-35-62(51-17-8-4-9-18-51)65-41-55(44)27-25-46-37-47(26-28-56-42-66-63(36-45(56)2)52-19-10-5-11-20-52)39-58(38-46)60-24-13-12-23-59(60)57-33-34-61(64-43-57)54-22-14-21-53(40-54)50-31-29-49(30-32-50)48-15-6-3-7-16-48/h3-24,29-43H,25-28H2,1-2H3/i1D3,2D3,27D2,28D2. The minimum absolute atomic E-state index is 0.0839. The third kappa shape index (κ3) is 9.57. The molecule has 0 amide bonds. The lowest BCUT2D eigenvalue weighted by Gasteiger charge is -2.15. The fraction of sp³-hybridized carbons (Fsp3) is 0.0952. The Morgan fingerprint density at radius 3 is 1.30 bits per heavy atom. The summed E-state index contributed by atoms with van der Waals surface area (Å²) in [5.74, 6) is 0. The molecule has 0 spiro atoms. The minimum atomic E-state index is -2.68. The summed E-state index contributed by atoms with van der Waals surface area (Å²) < 4.78 is 89.2. The van der Waals surface area contributed by atoms with E-state index in [0.29, 0.717) is 39.2 Å². The quantitative estimate of drug-likeness (QED) is 0.116. The molecule has 0 aliphatic carbocycles. The highest BCUT2D eigenvalue weighted by Gasteiger charge is 2.14. The van der Waals surface area contributed by atoms with Gasteiger partial charge in [-0.2, -0.15) is 0 Å². The summed E-state index contributed by atoms with van der Waals surface area (Å²) in [6.45, 7) is -5.35. The smallest absolute Gasteiger partial charge is 0.0704 e. The zero-order valence-corrected chi connectivity index (χ0v) is 36.1. The first-order valence-electron chi connectivity index (χ1n) is 27.0. The molecule has 3 heteroatoms. The third-order valence-corrected chi connectivity index (χ3v) is 11.8. The molecule has 3 aromatic heterocycles. The van der Waals surface area contributed by atoms with Crippen molar-refractivity contribution < 1.29 is 13.7 Å². The average Bonchev–Trinajstić information content (AvgIpc) is 3.46. The van der Waals surface area contributed by atoms with Crippen molar-refractivity contribution in [2.45, 2.75) is 39.3 Å². The molecule has 0 bridgehead atoms. The van der Waals surface area contributed by atoms with Gasteiger partial charge in [0.2, 0.25) is 0 Å². The Kier molecular flexibility index (Phi) is 9.33. The van der Waals surface area contributed by atoms with Crippen LogP contribution in [0.1, 0.15) is 47.1 Å². The van der Waals surface area contributed by atoms with Gasteiger partial charge in [-0.25, -0.2) is 0 Å². The average molecular weight is 860 g/mol. The first-order chi connectivity index (χ1) is 36.4. The molecular formula is C63H51N3. The van der Waals surface area contributed by atoms with Gasteiger partial charge >= 0.3 is 0 Å². The molecular weight excluding hydrogens is 799 g/mol. The van der Waals surface area contributed by atoms with E-state index >= 15 is 0 Å². The Morgan fingerprint density at radius 1 is 0.333 bits per heavy atom. The number of hydrogen-bond acceptors (Lipinski definition) is 3. The normalized spacial score (nSPS) is 14.2. The first-order valence-corrected chi connectivity index (χ1v) is 22.0. The molecule has 0 atom stereocenters. The maximum absolute atomic E-state index is 9.54. The lowest BCUT2D eigenvalue weighted by atomic mass is 9.90. The van der Waals surface area contributed by atoms with Crippen LogP contribution in [0.5, 0.6) is 0 Å². The number of hydrogen-bond donors (Lipinski definition) is 0. The summed E-state index contributed by atoms with van der Waals surface area (Å²) in [4.78, 5) is 14.1. The van der Waals surface area contributed by atoms with Crippen LogP contribution in [0.2, 0.25) is 0 Å². The van der Waals surface area contributed by atoms with Crippen LogP contribution in [0, 0.1) is 13.7 Å². The highest BCUT2D eigenvalue weighted by atomic mass is 14.7. The number of rotatable bonds is 13. The second kappa shape index (κ2) is 19.4. The van der Waals surface area contributed by atoms with E-state index in [0.717, 1.165) is 50.2 Å². The summed E-state index contributed by atoms with van der Waals surface area (Å²) in [5.41, 5.74) is 11.8. The fourth-order valence-corrected chi connectivity index (χ4v) is 8.30. The van der Waals surface area contributed by atoms with Crippen LogP contribution in [0.4, 0.5) is 0 Å². The molecule has 10 rings (SSSR count). The molecule has 0 N–H and O–H groups in total. The van der Waals surface area contributed by atoms with E-state index in [1.807, 2.05) is 146 Å². The molecule has 3 nitrogen and oxygen atoms in total. The van der Waals surface area contributed by atoms with E-state index < -0.39 is 26.4 Å². The van der Waals surface area contributed by atoms with E-state index in [1.54, 1.807) is 6.07 Å². The van der Waals surface area contributed by atoms with Gasteiger partial charge in [-0.15, -0.1) is 0 Å². The van der Waals surface area contributed by atoms with Crippen molar-refractivity contribution in [1.82, 2.24) is 15.0 Å². The van der Waals surface area contributed by atoms with E-state index in [9.17, 15) is 5.48 Å². The fourth-order valence-electron chi connectivity index (χ4n) is 8.30. The van der Waals surface area contributed by atoms with Crippen LogP contribution in [0.15, 0.2) is 225 Å². The van der Waals surface area contributed by atoms with Crippen LogP contribution in [0.3, 0.4) is 0 Å². The third-order valence-electron chi connectivity index (χ3n) is 11.8. The molecule has 0 saturated carbocycles. The van der Waals surface area contributed by atoms with Gasteiger partial charge in [0.1, 0.15) is 0 Å². The number of nitrogens with zero attached hydrogens (tertiary/aromatic N) is 3. The highest BCUT2D eigenvalue weighted by Crippen LogP contribution is 2.35. The molecule has 10 aromatic rings. The van der Waals surface area contributed by atoms with Crippen molar-refractivity contribution >= 4 is 0 Å². The molecule has 66 heavy (non-hydrogen) atoms. The Morgan fingerprint density at radius 2 is 0.773 bits per heavy atom. The highest BCUT2D eigenvalue weighted by molar-refractivity contribution is 5.84. The van der Waals surface area contributed by atoms with Crippen LogP contribution >= 0.6 is 0 Å². The van der Waals surface area contributed by atoms with Crippen molar-refractivity contribution in [2.75, 3.05) is 0 Å². The van der Waals surface area contributed by atoms with Crippen LogP contribution in [0.25, 0.3) is 78.3 Å². The Hall–Kier alpha value is -8.01. The first kappa shape index (κ1) is 31.8. The molecule has 0 fully saturated rings. The molecule has 0 saturated heterocycles. The van der Waals surface area contributed by atoms with E-state index in [-0.39, 0.29) is 35.1 Å². The topological polar surface area (TPSA) is 38.7 Å². The molecule has 3 heterocycles. The second-order valence-corrected chi connectivity index (χ2v) is 16.2. The molecule has 0 aliphatic rings. The summed E-state index contributed by atoms with van der Waals surface area (Å²) in [7, 11) is 0. The summed E-state index contributed by atoms with van der Waals surface area (Å²) in [5, 5.41) is 0. The maximum Gasteiger partial charge on any atom is 0.0704 e. The predicted octanol–water partition coefficient (Wildman–Crippen LogP) is 15.7. The summed E-state index contributed by atoms with van der Waals surface area (Å²) in [6, 6.07) is 65.3. The van der Waals surface area contributed by atoms with Crippen molar-refractivity contribution in [3.63, 3.8) is 0 Å². The van der Waals surface area contributed by atoms with Gasteiger partial charge in [0.15, 0.2) is 0 Å². The summed E-state index contributed by atoms with van der Waals surface area (Å²) in [6.07, 6.45) is -0.696. The molecule has 0 unspecified atom stereocenters. The Bertz CT molecular complexity index is 3520. The lowest BCUT2D eigenvalue weighted by Crippen LogP contribution is -2.00. The Balaban J connectivity index is 1.02. The van der Waals surface area contributed by atoms with Gasteiger partial charge < -0.3 is 0 Å². The Labute approximate surface area is 403 Å².